The summed E-state index contributed by atoms with van der Waals surface area (Å²) in [4.78, 5) is 39.3. The molecule has 0 amide bonds. The van der Waals surface area contributed by atoms with Gasteiger partial charge in [-0.05, 0) is 127 Å². The van der Waals surface area contributed by atoms with E-state index >= 15 is 0 Å². The van der Waals surface area contributed by atoms with Crippen molar-refractivity contribution in [2.24, 2.45) is 46.3 Å². The molecule has 18 nitrogen and oxygen atoms in total. The van der Waals surface area contributed by atoms with E-state index in [1.807, 2.05) is 29.5 Å². The second-order valence-electron chi connectivity index (χ2n) is 18.0. The standard InChI is InChI=1S/C39H55IO18S2/c1-19(2)13-31(43)56-34-33(58-60(50,51)52)32(57-59(47,48)49)28(18-53-30(42)10-6-21-5-8-27(41)26(40)14-21)55-37(34)54-23-15-24(36(45)46)25-11-12-39-16-22(20(3)35(39)44)7-9-29(39)38(25,4)17-23/h5,8,14,19-20,22-25,28-29,32-35,37,41,44H,6-7,9-13,15-18H2,1-4H3,(H,45,46)(H,47,48,49)(H,50,51,52)/t20?,22-,23-,24-,25-,28-,29+,32-,33+,34-,35-,37-,38-,39-/m1/s1. The molecule has 14 atom stereocenters. The number of aryl methyl sites for hydroxylation is 1. The zero-order valence-electron chi connectivity index (χ0n) is 33.8. The second kappa shape index (κ2) is 18.1. The Balaban J connectivity index is 1.33. The topological polar surface area (TPSA) is 276 Å². The van der Waals surface area contributed by atoms with Gasteiger partial charge in [-0.1, -0.05) is 33.8 Å². The quantitative estimate of drug-likeness (QED) is 0.0711. The molecule has 1 aromatic rings. The fourth-order valence-corrected chi connectivity index (χ4v) is 13.0. The number of aliphatic hydroxyl groups excluding tert-OH is 1. The predicted molar refractivity (Wildman–Crippen MR) is 215 cm³/mol. The van der Waals surface area contributed by atoms with Gasteiger partial charge in [0.25, 0.3) is 0 Å². The van der Waals surface area contributed by atoms with Crippen molar-refractivity contribution in [1.29, 1.82) is 0 Å². The number of carbonyl (C=O) groups is 3. The van der Waals surface area contributed by atoms with E-state index in [1.165, 1.54) is 6.07 Å². The van der Waals surface area contributed by atoms with Gasteiger partial charge >= 0.3 is 38.7 Å². The Morgan fingerprint density at radius 2 is 1.67 bits per heavy atom. The number of rotatable bonds is 15. The van der Waals surface area contributed by atoms with Crippen molar-refractivity contribution in [3.05, 3.63) is 27.3 Å². The molecule has 5 fully saturated rings. The third kappa shape index (κ3) is 10.3. The van der Waals surface area contributed by atoms with Crippen molar-refractivity contribution in [3.63, 3.8) is 0 Å². The molecule has 4 aliphatic carbocycles. The molecule has 1 saturated heterocycles. The maximum Gasteiger partial charge on any atom is 0.397 e. The van der Waals surface area contributed by atoms with Crippen molar-refractivity contribution in [2.75, 3.05) is 6.61 Å². The van der Waals surface area contributed by atoms with Crippen LogP contribution in [0.2, 0.25) is 0 Å². The zero-order chi connectivity index (χ0) is 44.1. The Bertz CT molecular complexity index is 2000. The van der Waals surface area contributed by atoms with Crippen molar-refractivity contribution in [1.82, 2.24) is 0 Å². The molecular formula is C39H55IO18S2. The average molecular weight is 1000 g/mol. The van der Waals surface area contributed by atoms with Crippen molar-refractivity contribution in [2.45, 2.75) is 135 Å². The van der Waals surface area contributed by atoms with Crippen LogP contribution in [-0.2, 0) is 68.9 Å². The number of carboxylic acids is 1. The number of halogens is 1. The van der Waals surface area contributed by atoms with E-state index in [2.05, 4.69) is 6.92 Å². The van der Waals surface area contributed by atoms with Crippen LogP contribution in [0, 0.1) is 49.9 Å². The number of aliphatic carboxylic acids is 1. The molecule has 1 aliphatic heterocycles. The summed E-state index contributed by atoms with van der Waals surface area (Å²) < 4.78 is 103. The summed E-state index contributed by atoms with van der Waals surface area (Å²) in [5.74, 6) is -3.92. The normalized spacial score (nSPS) is 37.8. The minimum absolute atomic E-state index is 0.0468. The summed E-state index contributed by atoms with van der Waals surface area (Å²) in [5, 5.41) is 32.2. The van der Waals surface area contributed by atoms with Gasteiger partial charge in [-0.25, -0.2) is 8.37 Å². The molecule has 1 spiro atoms. The van der Waals surface area contributed by atoms with Gasteiger partial charge in [0.15, 0.2) is 18.5 Å². The van der Waals surface area contributed by atoms with Gasteiger partial charge in [-0.15, -0.1) is 0 Å². The fraction of sp³-hybridized carbons (Fsp3) is 0.769. The van der Waals surface area contributed by atoms with E-state index in [-0.39, 0.29) is 61.5 Å². The fourth-order valence-electron chi connectivity index (χ4n) is 11.4. The number of aliphatic hydroxyl groups is 1. The van der Waals surface area contributed by atoms with Crippen LogP contribution >= 0.6 is 22.6 Å². The lowest BCUT2D eigenvalue weighted by atomic mass is 9.43. The molecule has 0 radical (unpaired) electrons. The molecular weight excluding hydrogens is 947 g/mol. The number of fused-ring (bicyclic) bond motifs is 3. The maximum atomic E-state index is 13.3. The molecule has 60 heavy (non-hydrogen) atoms. The molecule has 4 saturated carbocycles. The van der Waals surface area contributed by atoms with Crippen molar-refractivity contribution in [3.8, 4) is 5.75 Å². The first-order valence-corrected chi connectivity index (χ1v) is 24.1. The lowest BCUT2D eigenvalue weighted by Crippen LogP contribution is -2.64. The lowest BCUT2D eigenvalue weighted by Gasteiger charge is -2.62. The first-order valence-electron chi connectivity index (χ1n) is 20.3. The maximum absolute atomic E-state index is 13.3. The van der Waals surface area contributed by atoms with Crippen molar-refractivity contribution < 1.29 is 83.0 Å². The Morgan fingerprint density at radius 3 is 2.30 bits per heavy atom. The minimum atomic E-state index is -5.52. The van der Waals surface area contributed by atoms with Crippen LogP contribution in [0.15, 0.2) is 18.2 Å². The summed E-state index contributed by atoms with van der Waals surface area (Å²) in [6, 6.07) is 4.71. The van der Waals surface area contributed by atoms with Gasteiger partial charge in [-0.3, -0.25) is 23.5 Å². The van der Waals surface area contributed by atoms with E-state index in [9.17, 15) is 55.6 Å². The first kappa shape index (κ1) is 47.3. The third-order valence-electron chi connectivity index (χ3n) is 13.8. The largest absolute Gasteiger partial charge is 0.507 e. The van der Waals surface area contributed by atoms with E-state index in [0.717, 1.165) is 19.3 Å². The van der Waals surface area contributed by atoms with Crippen molar-refractivity contribution >= 4 is 61.3 Å². The first-order chi connectivity index (χ1) is 27.9. The van der Waals surface area contributed by atoms with Gasteiger partial charge in [0.05, 0.1) is 21.7 Å². The molecule has 2 bridgehead atoms. The van der Waals surface area contributed by atoms with E-state index in [0.29, 0.717) is 27.9 Å². The van der Waals surface area contributed by atoms with Gasteiger partial charge in [0.2, 0.25) is 0 Å². The number of carboxylic acid groups (broad SMARTS) is 1. The van der Waals surface area contributed by atoms with Gasteiger partial charge in [0.1, 0.15) is 24.6 Å². The van der Waals surface area contributed by atoms with Gasteiger partial charge in [-0.2, -0.15) is 16.8 Å². The summed E-state index contributed by atoms with van der Waals surface area (Å²) in [7, 11) is -11.0. The number of hydrogen-bond donors (Lipinski definition) is 5. The molecule has 5 aliphatic rings. The Hall–Kier alpha value is -2.22. The van der Waals surface area contributed by atoms with Crippen LogP contribution in [-0.4, -0.2) is 109 Å². The number of ether oxygens (including phenoxy) is 4. The van der Waals surface area contributed by atoms with Crippen LogP contribution in [0.3, 0.4) is 0 Å². The summed E-state index contributed by atoms with van der Waals surface area (Å²) >= 11 is 1.92. The summed E-state index contributed by atoms with van der Waals surface area (Å²) in [5.41, 5.74) is -0.419. The van der Waals surface area contributed by atoms with Crippen LogP contribution in [0.4, 0.5) is 0 Å². The van der Waals surface area contributed by atoms with E-state index in [1.54, 1.807) is 26.0 Å². The van der Waals surface area contributed by atoms with Crippen LogP contribution in [0.1, 0.15) is 91.0 Å². The molecule has 338 valence electrons. The number of benzene rings is 1. The van der Waals surface area contributed by atoms with E-state index in [4.69, 9.17) is 27.3 Å². The number of esters is 2. The number of carbonyl (C=O) groups excluding carboxylic acids is 2. The molecule has 21 heteroatoms. The summed E-state index contributed by atoms with van der Waals surface area (Å²) in [6.07, 6.45) is -8.15. The lowest BCUT2D eigenvalue weighted by molar-refractivity contribution is -0.316. The number of aromatic hydroxyl groups is 1. The Kier molecular flexibility index (Phi) is 14.3. The molecule has 1 unspecified atom stereocenters. The minimum Gasteiger partial charge on any atom is -0.507 e. The molecule has 0 aromatic heterocycles. The second-order valence-corrected chi connectivity index (χ2v) is 21.2. The van der Waals surface area contributed by atoms with Gasteiger partial charge in [0, 0.05) is 18.3 Å². The number of phenolic OH excluding ortho intramolecular Hbond substituents is 1. The zero-order valence-corrected chi connectivity index (χ0v) is 37.5. The SMILES string of the molecule is CC(C)CC(=O)O[C@H]1[C@H](O[C@@H]2C[C@@H](C(=O)O)[C@H]3CC[C@@]45C[C@@H](CC[C@H]4[C@]3(C)C2)C(C)[C@H]5O)O[C@H](COC(=O)CCc2ccc(O)c(I)c2)[C@@H](OS(=O)(=O)O)[C@@H]1OS(=O)(=O)O. The number of hydrogen-bond acceptors (Lipinski definition) is 15. The monoisotopic (exact) mass is 1000 g/mol. The molecule has 5 N–H and O–H groups in total. The van der Waals surface area contributed by atoms with Crippen LogP contribution < -0.4 is 0 Å². The summed E-state index contributed by atoms with van der Waals surface area (Å²) in [6.45, 7) is 6.60. The average Bonchev–Trinajstić information content (AvgIpc) is 3.30. The van der Waals surface area contributed by atoms with Gasteiger partial charge < -0.3 is 34.3 Å². The number of phenols is 1. The highest BCUT2D eigenvalue weighted by Crippen LogP contribution is 2.71. The van der Waals surface area contributed by atoms with Crippen LogP contribution in [0.5, 0.6) is 5.75 Å². The predicted octanol–water partition coefficient (Wildman–Crippen LogP) is 4.24. The van der Waals surface area contributed by atoms with E-state index < -0.39 is 105 Å². The molecule has 6 rings (SSSR count). The third-order valence-corrected chi connectivity index (χ3v) is 15.6. The highest BCUT2D eigenvalue weighted by Gasteiger charge is 2.67. The highest BCUT2D eigenvalue weighted by atomic mass is 127. The molecule has 1 aromatic carbocycles. The molecule has 1 heterocycles. The highest BCUT2D eigenvalue weighted by molar-refractivity contribution is 14.1. The Labute approximate surface area is 363 Å². The van der Waals surface area contributed by atoms with Crippen LogP contribution in [0.25, 0.3) is 0 Å². The Morgan fingerprint density at radius 1 is 0.983 bits per heavy atom. The smallest absolute Gasteiger partial charge is 0.397 e.